The lowest BCUT2D eigenvalue weighted by molar-refractivity contribution is 0.398. The van der Waals surface area contributed by atoms with E-state index in [0.717, 1.165) is 43.7 Å². The topological polar surface area (TPSA) is 41.3 Å². The monoisotopic (exact) mass is 283 g/mol. The van der Waals surface area contributed by atoms with Gasteiger partial charge in [0.05, 0.1) is 0 Å². The molecule has 2 aromatic rings. The Hall–Kier alpha value is -1.81. The number of hydrogen-bond acceptors (Lipinski definition) is 4. The average molecular weight is 283 g/mol. The number of nitrogens with zero attached hydrogens (tertiary/aromatic N) is 2. The molecule has 0 spiro atoms. The van der Waals surface area contributed by atoms with Crippen molar-refractivity contribution < 1.29 is 4.52 Å². The highest BCUT2D eigenvalue weighted by molar-refractivity contribution is 5.47. The van der Waals surface area contributed by atoms with Crippen molar-refractivity contribution in [3.05, 3.63) is 47.3 Å². The molecule has 21 heavy (non-hydrogen) atoms. The van der Waals surface area contributed by atoms with Crippen molar-refractivity contribution >= 4 is 5.69 Å². The van der Waals surface area contributed by atoms with Crippen molar-refractivity contribution in [2.75, 3.05) is 18.5 Å². The van der Waals surface area contributed by atoms with Gasteiger partial charge >= 0.3 is 0 Å². The highest BCUT2D eigenvalue weighted by atomic mass is 16.5. The second-order valence-electron chi connectivity index (χ2n) is 6.13. The van der Waals surface area contributed by atoms with Crippen LogP contribution in [0, 0.1) is 0 Å². The number of anilines is 1. The van der Waals surface area contributed by atoms with Gasteiger partial charge < -0.3 is 9.95 Å². The zero-order chi connectivity index (χ0) is 14.1. The molecular formula is C17H21N3O. The maximum absolute atomic E-state index is 5.26. The van der Waals surface area contributed by atoms with Crippen LogP contribution in [0.2, 0.25) is 0 Å². The second kappa shape index (κ2) is 5.53. The summed E-state index contributed by atoms with van der Waals surface area (Å²) in [5.41, 5.74) is 8.59. The van der Waals surface area contributed by atoms with E-state index in [2.05, 4.69) is 39.9 Å². The van der Waals surface area contributed by atoms with Crippen LogP contribution in [0.15, 0.2) is 35.1 Å². The Morgan fingerprint density at radius 2 is 1.95 bits per heavy atom. The minimum absolute atomic E-state index is 0.462. The summed E-state index contributed by atoms with van der Waals surface area (Å²) in [6, 6.07) is 8.76. The molecule has 1 aliphatic carbocycles. The van der Waals surface area contributed by atoms with Gasteiger partial charge in [-0.05, 0) is 43.2 Å². The van der Waals surface area contributed by atoms with Crippen LogP contribution >= 0.6 is 0 Å². The van der Waals surface area contributed by atoms with Crippen LogP contribution < -0.4 is 5.43 Å². The van der Waals surface area contributed by atoms with Gasteiger partial charge in [0.1, 0.15) is 17.6 Å². The molecule has 4 heteroatoms. The first-order valence-electron chi connectivity index (χ1n) is 7.93. The van der Waals surface area contributed by atoms with Crippen LogP contribution in [0.3, 0.4) is 0 Å². The van der Waals surface area contributed by atoms with Crippen LogP contribution in [0.5, 0.6) is 0 Å². The summed E-state index contributed by atoms with van der Waals surface area (Å²) in [5, 5.41) is 6.56. The maximum atomic E-state index is 5.26. The number of aromatic nitrogens is 1. The quantitative estimate of drug-likeness (QED) is 0.937. The molecule has 1 unspecified atom stereocenters. The number of hydrogen-bond donors (Lipinski definition) is 1. The molecule has 0 amide bonds. The van der Waals surface area contributed by atoms with Crippen LogP contribution in [0.25, 0.3) is 0 Å². The molecule has 0 bridgehead atoms. The fraction of sp³-hybridized carbons (Fsp3) is 0.471. The summed E-state index contributed by atoms with van der Waals surface area (Å²) < 4.78 is 5.26. The van der Waals surface area contributed by atoms with E-state index in [1.165, 1.54) is 24.0 Å². The number of rotatable bonds is 3. The number of aryl methyl sites for hydroxylation is 1. The maximum Gasteiger partial charge on any atom is 0.148 e. The predicted octanol–water partition coefficient (Wildman–Crippen LogP) is 3.37. The largest absolute Gasteiger partial charge is 0.362 e. The molecule has 1 saturated heterocycles. The number of nitrogens with one attached hydrogen (secondary N) is 1. The second-order valence-corrected chi connectivity index (χ2v) is 6.13. The molecule has 2 aliphatic rings. The summed E-state index contributed by atoms with van der Waals surface area (Å²) in [7, 11) is 0. The zero-order valence-corrected chi connectivity index (χ0v) is 12.2. The standard InChI is InChI=1S/C17H21N3O/c1-2-6-14-11-15(8-7-13(14)5-1)17-16(12-21-19-17)18-20-9-3-4-10-20/h1-2,5-6,12,15,18H,3-4,7-11H2. The summed E-state index contributed by atoms with van der Waals surface area (Å²) in [5.74, 6) is 0.462. The van der Waals surface area contributed by atoms with E-state index in [0.29, 0.717) is 5.92 Å². The van der Waals surface area contributed by atoms with Gasteiger partial charge in [-0.3, -0.25) is 0 Å². The van der Waals surface area contributed by atoms with Gasteiger partial charge in [0.15, 0.2) is 0 Å². The lowest BCUT2D eigenvalue weighted by Gasteiger charge is -2.25. The third-order valence-corrected chi connectivity index (χ3v) is 4.72. The molecule has 1 aromatic carbocycles. The molecule has 0 saturated carbocycles. The third-order valence-electron chi connectivity index (χ3n) is 4.72. The van der Waals surface area contributed by atoms with Gasteiger partial charge in [-0.2, -0.15) is 0 Å². The Bertz CT molecular complexity index is 616. The van der Waals surface area contributed by atoms with Gasteiger partial charge in [0, 0.05) is 19.0 Å². The number of fused-ring (bicyclic) bond motifs is 1. The lowest BCUT2D eigenvalue weighted by Crippen LogP contribution is -2.27. The van der Waals surface area contributed by atoms with Gasteiger partial charge in [-0.25, -0.2) is 5.01 Å². The first-order valence-corrected chi connectivity index (χ1v) is 7.93. The van der Waals surface area contributed by atoms with Crippen molar-refractivity contribution in [1.29, 1.82) is 0 Å². The fourth-order valence-electron chi connectivity index (χ4n) is 3.55. The fourth-order valence-corrected chi connectivity index (χ4v) is 3.55. The van der Waals surface area contributed by atoms with E-state index in [1.54, 1.807) is 6.26 Å². The number of benzene rings is 1. The first-order chi connectivity index (χ1) is 10.4. The molecule has 1 atom stereocenters. The molecule has 110 valence electrons. The molecule has 1 aliphatic heterocycles. The van der Waals surface area contributed by atoms with Gasteiger partial charge in [0.2, 0.25) is 0 Å². The summed E-state index contributed by atoms with van der Waals surface area (Å²) >= 11 is 0. The zero-order valence-electron chi connectivity index (χ0n) is 12.2. The van der Waals surface area contributed by atoms with Crippen molar-refractivity contribution in [3.63, 3.8) is 0 Å². The van der Waals surface area contributed by atoms with E-state index < -0.39 is 0 Å². The van der Waals surface area contributed by atoms with Crippen molar-refractivity contribution in [1.82, 2.24) is 10.2 Å². The van der Waals surface area contributed by atoms with Crippen LogP contribution in [0.1, 0.15) is 42.0 Å². The van der Waals surface area contributed by atoms with E-state index in [-0.39, 0.29) is 0 Å². The first kappa shape index (κ1) is 12.9. The van der Waals surface area contributed by atoms with E-state index in [9.17, 15) is 0 Å². The summed E-state index contributed by atoms with van der Waals surface area (Å²) in [6.45, 7) is 2.22. The molecule has 4 nitrogen and oxygen atoms in total. The molecular weight excluding hydrogens is 262 g/mol. The Kier molecular flexibility index (Phi) is 3.39. The smallest absolute Gasteiger partial charge is 0.148 e. The number of hydrazine groups is 1. The van der Waals surface area contributed by atoms with Crippen LogP contribution in [-0.4, -0.2) is 23.3 Å². The van der Waals surface area contributed by atoms with Crippen LogP contribution in [0.4, 0.5) is 5.69 Å². The van der Waals surface area contributed by atoms with Crippen molar-refractivity contribution in [3.8, 4) is 0 Å². The third kappa shape index (κ3) is 2.56. The highest BCUT2D eigenvalue weighted by Crippen LogP contribution is 2.35. The Morgan fingerprint density at radius 3 is 2.81 bits per heavy atom. The van der Waals surface area contributed by atoms with Gasteiger partial charge in [0.25, 0.3) is 0 Å². The Balaban J connectivity index is 1.53. The SMILES string of the molecule is c1ccc2c(c1)CCC(c1nocc1NN1CCCC1)C2. The minimum Gasteiger partial charge on any atom is -0.362 e. The molecule has 1 N–H and O–H groups in total. The molecule has 1 aromatic heterocycles. The molecule has 1 fully saturated rings. The normalized spacial score (nSPS) is 22.2. The van der Waals surface area contributed by atoms with Crippen molar-refractivity contribution in [2.24, 2.45) is 0 Å². The minimum atomic E-state index is 0.462. The van der Waals surface area contributed by atoms with Gasteiger partial charge in [-0.15, -0.1) is 0 Å². The van der Waals surface area contributed by atoms with Gasteiger partial charge in [-0.1, -0.05) is 29.4 Å². The van der Waals surface area contributed by atoms with E-state index >= 15 is 0 Å². The average Bonchev–Trinajstić information content (AvgIpc) is 3.19. The van der Waals surface area contributed by atoms with E-state index in [4.69, 9.17) is 4.52 Å². The summed E-state index contributed by atoms with van der Waals surface area (Å²) in [6.07, 6.45) is 7.65. The molecule has 0 radical (unpaired) electrons. The molecule has 2 heterocycles. The van der Waals surface area contributed by atoms with E-state index in [1.807, 2.05) is 0 Å². The Labute approximate surface area is 125 Å². The van der Waals surface area contributed by atoms with Crippen molar-refractivity contribution in [2.45, 2.75) is 38.0 Å². The lowest BCUT2D eigenvalue weighted by atomic mass is 9.82. The van der Waals surface area contributed by atoms with Crippen LogP contribution in [-0.2, 0) is 12.8 Å². The predicted molar refractivity (Wildman–Crippen MR) is 82.1 cm³/mol. The highest BCUT2D eigenvalue weighted by Gasteiger charge is 2.26. The molecule has 4 rings (SSSR count). The Morgan fingerprint density at radius 1 is 1.14 bits per heavy atom. The summed E-state index contributed by atoms with van der Waals surface area (Å²) in [4.78, 5) is 0.